The number of para-hydroxylation sites is 1. The summed E-state index contributed by atoms with van der Waals surface area (Å²) in [5.41, 5.74) is 12.2. The predicted molar refractivity (Wildman–Crippen MR) is 83.1 cm³/mol. The molecule has 4 heteroatoms. The summed E-state index contributed by atoms with van der Waals surface area (Å²) in [4.78, 5) is 8.02. The normalized spacial score (nSPS) is 11.1. The highest BCUT2D eigenvalue weighted by atomic mass is 79.9. The van der Waals surface area contributed by atoms with Gasteiger partial charge in [0, 0.05) is 10.0 Å². The second-order valence-electron chi connectivity index (χ2n) is 4.76. The van der Waals surface area contributed by atoms with Crippen LogP contribution < -0.4 is 5.73 Å². The SMILES string of the molecule is Cc1cc(C)c2nc(-c3cccc(Br)c3N)[nH]c2c1. The van der Waals surface area contributed by atoms with E-state index in [1.807, 2.05) is 18.2 Å². The van der Waals surface area contributed by atoms with Crippen LogP contribution in [0.5, 0.6) is 0 Å². The molecule has 0 aliphatic carbocycles. The van der Waals surface area contributed by atoms with Gasteiger partial charge in [-0.25, -0.2) is 4.98 Å². The fourth-order valence-electron chi connectivity index (χ4n) is 2.34. The average molecular weight is 316 g/mol. The van der Waals surface area contributed by atoms with Gasteiger partial charge in [0.2, 0.25) is 0 Å². The lowest BCUT2D eigenvalue weighted by molar-refractivity contribution is 1.33. The molecule has 0 spiro atoms. The molecular formula is C15H14BrN3. The molecule has 0 bridgehead atoms. The minimum Gasteiger partial charge on any atom is -0.397 e. The van der Waals surface area contributed by atoms with E-state index in [1.165, 1.54) is 11.1 Å². The molecule has 3 aromatic rings. The number of nitrogens with two attached hydrogens (primary N) is 1. The van der Waals surface area contributed by atoms with E-state index in [0.717, 1.165) is 26.9 Å². The molecule has 1 aromatic heterocycles. The first-order valence-corrected chi connectivity index (χ1v) is 6.87. The number of fused-ring (bicyclic) bond motifs is 1. The topological polar surface area (TPSA) is 54.7 Å². The van der Waals surface area contributed by atoms with Crippen LogP contribution in [0, 0.1) is 13.8 Å². The van der Waals surface area contributed by atoms with E-state index in [1.54, 1.807) is 0 Å². The van der Waals surface area contributed by atoms with Crippen LogP contribution in [0.25, 0.3) is 22.4 Å². The Hall–Kier alpha value is -1.81. The molecule has 0 aliphatic rings. The third-order valence-corrected chi connectivity index (χ3v) is 3.92. The lowest BCUT2D eigenvalue weighted by atomic mass is 10.1. The van der Waals surface area contributed by atoms with E-state index in [4.69, 9.17) is 5.73 Å². The van der Waals surface area contributed by atoms with Crippen LogP contribution in [0.15, 0.2) is 34.8 Å². The number of nitrogens with one attached hydrogen (secondary N) is 1. The lowest BCUT2D eigenvalue weighted by Crippen LogP contribution is -1.92. The van der Waals surface area contributed by atoms with E-state index < -0.39 is 0 Å². The summed E-state index contributed by atoms with van der Waals surface area (Å²) >= 11 is 3.45. The molecule has 2 aromatic carbocycles. The van der Waals surface area contributed by atoms with Crippen molar-refractivity contribution in [3.8, 4) is 11.4 Å². The molecule has 1 heterocycles. The Morgan fingerprint density at radius 1 is 1.21 bits per heavy atom. The number of hydrogen-bond donors (Lipinski definition) is 2. The highest BCUT2D eigenvalue weighted by Crippen LogP contribution is 2.31. The van der Waals surface area contributed by atoms with Crippen LogP contribution >= 0.6 is 15.9 Å². The van der Waals surface area contributed by atoms with Crippen LogP contribution in [-0.4, -0.2) is 9.97 Å². The zero-order valence-corrected chi connectivity index (χ0v) is 12.4. The first-order chi connectivity index (χ1) is 9.06. The summed E-state index contributed by atoms with van der Waals surface area (Å²) in [6.07, 6.45) is 0. The predicted octanol–water partition coefficient (Wildman–Crippen LogP) is 4.19. The molecule has 0 saturated carbocycles. The molecule has 0 aliphatic heterocycles. The van der Waals surface area contributed by atoms with Crippen LogP contribution in [0.1, 0.15) is 11.1 Å². The number of aryl methyl sites for hydroxylation is 2. The number of aromatic nitrogens is 2. The molecule has 3 nitrogen and oxygen atoms in total. The Balaban J connectivity index is 2.26. The summed E-state index contributed by atoms with van der Waals surface area (Å²) in [5, 5.41) is 0. The van der Waals surface area contributed by atoms with Crippen molar-refractivity contribution in [3.63, 3.8) is 0 Å². The zero-order chi connectivity index (χ0) is 13.6. The summed E-state index contributed by atoms with van der Waals surface area (Å²) in [6, 6.07) is 10.1. The van der Waals surface area contributed by atoms with Crippen molar-refractivity contribution in [2.45, 2.75) is 13.8 Å². The molecule has 0 saturated heterocycles. The number of H-pyrrole nitrogens is 1. The maximum atomic E-state index is 6.10. The molecule has 0 atom stereocenters. The summed E-state index contributed by atoms with van der Waals surface area (Å²) in [7, 11) is 0. The zero-order valence-electron chi connectivity index (χ0n) is 10.8. The number of nitrogens with zero attached hydrogens (tertiary/aromatic N) is 1. The Bertz CT molecular complexity index is 774. The van der Waals surface area contributed by atoms with Crippen molar-refractivity contribution in [2.75, 3.05) is 5.73 Å². The van der Waals surface area contributed by atoms with Crippen LogP contribution in [0.3, 0.4) is 0 Å². The van der Waals surface area contributed by atoms with E-state index >= 15 is 0 Å². The van der Waals surface area contributed by atoms with Crippen molar-refractivity contribution < 1.29 is 0 Å². The monoisotopic (exact) mass is 315 g/mol. The summed E-state index contributed by atoms with van der Waals surface area (Å²) in [5.74, 6) is 0.808. The molecule has 0 unspecified atom stereocenters. The van der Waals surface area contributed by atoms with E-state index in [9.17, 15) is 0 Å². The van der Waals surface area contributed by atoms with Gasteiger partial charge in [-0.05, 0) is 59.1 Å². The van der Waals surface area contributed by atoms with Gasteiger partial charge < -0.3 is 10.7 Å². The summed E-state index contributed by atoms with van der Waals surface area (Å²) in [6.45, 7) is 4.16. The Kier molecular flexibility index (Phi) is 2.82. The molecule has 19 heavy (non-hydrogen) atoms. The van der Waals surface area contributed by atoms with Crippen molar-refractivity contribution in [1.29, 1.82) is 0 Å². The third-order valence-electron chi connectivity index (χ3n) is 3.23. The maximum absolute atomic E-state index is 6.10. The largest absolute Gasteiger partial charge is 0.397 e. The highest BCUT2D eigenvalue weighted by molar-refractivity contribution is 9.10. The molecular weight excluding hydrogens is 302 g/mol. The van der Waals surface area contributed by atoms with Crippen molar-refractivity contribution in [1.82, 2.24) is 9.97 Å². The van der Waals surface area contributed by atoms with E-state index in [-0.39, 0.29) is 0 Å². The third kappa shape index (κ3) is 2.02. The van der Waals surface area contributed by atoms with Gasteiger partial charge in [0.05, 0.1) is 16.7 Å². The minimum atomic E-state index is 0.705. The fourth-order valence-corrected chi connectivity index (χ4v) is 2.71. The van der Waals surface area contributed by atoms with E-state index in [0.29, 0.717) is 5.69 Å². The van der Waals surface area contributed by atoms with Crippen LogP contribution in [0.4, 0.5) is 5.69 Å². The molecule has 0 fully saturated rings. The second-order valence-corrected chi connectivity index (χ2v) is 5.62. The first-order valence-electron chi connectivity index (χ1n) is 6.07. The number of benzene rings is 2. The number of rotatable bonds is 1. The minimum absolute atomic E-state index is 0.705. The molecule has 3 rings (SSSR count). The van der Waals surface area contributed by atoms with Gasteiger partial charge in [-0.2, -0.15) is 0 Å². The number of aromatic amines is 1. The van der Waals surface area contributed by atoms with E-state index in [2.05, 4.69) is 51.9 Å². The van der Waals surface area contributed by atoms with Crippen molar-refractivity contribution >= 4 is 32.7 Å². The molecule has 3 N–H and O–H groups in total. The van der Waals surface area contributed by atoms with Gasteiger partial charge in [-0.15, -0.1) is 0 Å². The molecule has 96 valence electrons. The number of anilines is 1. The lowest BCUT2D eigenvalue weighted by Gasteiger charge is -2.03. The van der Waals surface area contributed by atoms with Crippen LogP contribution in [0.2, 0.25) is 0 Å². The van der Waals surface area contributed by atoms with Gasteiger partial charge in [-0.1, -0.05) is 12.1 Å². The quantitative estimate of drug-likeness (QED) is 0.661. The van der Waals surface area contributed by atoms with Crippen LogP contribution in [-0.2, 0) is 0 Å². The number of hydrogen-bond acceptors (Lipinski definition) is 2. The molecule has 0 radical (unpaired) electrons. The Morgan fingerprint density at radius 3 is 2.79 bits per heavy atom. The average Bonchev–Trinajstić information content (AvgIpc) is 2.76. The standard InChI is InChI=1S/C15H14BrN3/c1-8-6-9(2)14-12(7-8)18-15(19-14)10-4-3-5-11(16)13(10)17/h3-7H,17H2,1-2H3,(H,18,19). The maximum Gasteiger partial charge on any atom is 0.140 e. The van der Waals surface area contributed by atoms with Gasteiger partial charge in [0.25, 0.3) is 0 Å². The Labute approximate surface area is 120 Å². The van der Waals surface area contributed by atoms with Crippen molar-refractivity contribution in [3.05, 3.63) is 45.9 Å². The molecule has 0 amide bonds. The van der Waals surface area contributed by atoms with Gasteiger partial charge in [0.15, 0.2) is 0 Å². The fraction of sp³-hybridized carbons (Fsp3) is 0.133. The smallest absolute Gasteiger partial charge is 0.140 e. The highest BCUT2D eigenvalue weighted by Gasteiger charge is 2.11. The number of nitrogen functional groups attached to an aromatic ring is 1. The Morgan fingerprint density at radius 2 is 2.00 bits per heavy atom. The number of halogens is 1. The van der Waals surface area contributed by atoms with Gasteiger partial charge in [-0.3, -0.25) is 0 Å². The van der Waals surface area contributed by atoms with Gasteiger partial charge in [0.1, 0.15) is 5.82 Å². The summed E-state index contributed by atoms with van der Waals surface area (Å²) < 4.78 is 0.887. The first kappa shape index (κ1) is 12.2. The second kappa shape index (κ2) is 4.38. The van der Waals surface area contributed by atoms with Crippen molar-refractivity contribution in [2.24, 2.45) is 0 Å². The number of imidazole rings is 1. The van der Waals surface area contributed by atoms with Gasteiger partial charge >= 0.3 is 0 Å².